The summed E-state index contributed by atoms with van der Waals surface area (Å²) in [5.74, 6) is 1.06. The Morgan fingerprint density at radius 2 is 2.24 bits per heavy atom. The van der Waals surface area contributed by atoms with Gasteiger partial charge in [-0.05, 0) is 26.0 Å². The van der Waals surface area contributed by atoms with Crippen molar-refractivity contribution in [3.63, 3.8) is 0 Å². The molecule has 2 heteroatoms. The van der Waals surface area contributed by atoms with E-state index in [-0.39, 0.29) is 5.60 Å². The molecular weight excluding hydrogens is 210 g/mol. The number of benzene rings is 1. The highest BCUT2D eigenvalue weighted by atomic mass is 16.5. The molecule has 0 unspecified atom stereocenters. The molecule has 2 nitrogen and oxygen atoms in total. The fourth-order valence-electron chi connectivity index (χ4n) is 2.18. The van der Waals surface area contributed by atoms with Crippen LogP contribution in [0.4, 0.5) is 0 Å². The van der Waals surface area contributed by atoms with Crippen molar-refractivity contribution >= 4 is 6.08 Å². The molecule has 0 saturated carbocycles. The average Bonchev–Trinajstić information content (AvgIpc) is 2.59. The number of hydrogen-bond donors (Lipinski definition) is 1. The van der Waals surface area contributed by atoms with Crippen LogP contribution in [0.5, 0.6) is 5.75 Å². The van der Waals surface area contributed by atoms with Crippen LogP contribution in [0.1, 0.15) is 31.9 Å². The molecule has 17 heavy (non-hydrogen) atoms. The van der Waals surface area contributed by atoms with Gasteiger partial charge >= 0.3 is 0 Å². The summed E-state index contributed by atoms with van der Waals surface area (Å²) < 4.78 is 6.01. The van der Waals surface area contributed by atoms with Crippen molar-refractivity contribution in [2.75, 3.05) is 13.1 Å². The maximum atomic E-state index is 6.01. The number of likely N-dealkylation sites (N-methyl/N-ethyl adjacent to an activating group) is 1. The molecule has 1 aromatic carbocycles. The van der Waals surface area contributed by atoms with Gasteiger partial charge in [0.2, 0.25) is 0 Å². The molecule has 0 aromatic heterocycles. The van der Waals surface area contributed by atoms with E-state index in [1.54, 1.807) is 0 Å². The van der Waals surface area contributed by atoms with E-state index in [9.17, 15) is 0 Å². The van der Waals surface area contributed by atoms with E-state index in [0.29, 0.717) is 0 Å². The number of nitrogens with one attached hydrogen (secondary N) is 1. The van der Waals surface area contributed by atoms with E-state index >= 15 is 0 Å². The lowest BCUT2D eigenvalue weighted by Crippen LogP contribution is -2.24. The number of fused-ring (bicyclic) bond motifs is 1. The van der Waals surface area contributed by atoms with Crippen LogP contribution in [0.15, 0.2) is 24.3 Å². The molecule has 0 aliphatic carbocycles. The van der Waals surface area contributed by atoms with Gasteiger partial charge in [-0.1, -0.05) is 37.3 Å². The Labute approximate surface area is 104 Å². The molecule has 0 amide bonds. The summed E-state index contributed by atoms with van der Waals surface area (Å²) in [5, 5.41) is 3.27. The Morgan fingerprint density at radius 1 is 1.41 bits per heavy atom. The number of hydrogen-bond acceptors (Lipinski definition) is 2. The highest BCUT2D eigenvalue weighted by Crippen LogP contribution is 2.37. The third-order valence-corrected chi connectivity index (χ3v) is 2.93. The van der Waals surface area contributed by atoms with Gasteiger partial charge in [0.1, 0.15) is 11.4 Å². The van der Waals surface area contributed by atoms with Gasteiger partial charge in [0.05, 0.1) is 0 Å². The Bertz CT molecular complexity index is 421. The molecular formula is C15H21NO. The van der Waals surface area contributed by atoms with E-state index in [4.69, 9.17) is 4.74 Å². The maximum Gasteiger partial charge on any atom is 0.130 e. The van der Waals surface area contributed by atoms with E-state index in [1.807, 2.05) is 0 Å². The molecule has 0 fully saturated rings. The molecule has 0 atom stereocenters. The second-order valence-electron chi connectivity index (χ2n) is 5.08. The van der Waals surface area contributed by atoms with Crippen LogP contribution in [0.25, 0.3) is 6.08 Å². The van der Waals surface area contributed by atoms with Crippen molar-refractivity contribution in [2.24, 2.45) is 0 Å². The summed E-state index contributed by atoms with van der Waals surface area (Å²) in [6, 6.07) is 6.38. The van der Waals surface area contributed by atoms with Crippen LogP contribution in [0.3, 0.4) is 0 Å². The molecule has 1 heterocycles. The first-order valence-electron chi connectivity index (χ1n) is 6.30. The molecule has 1 aliphatic rings. The number of para-hydroxylation sites is 1. The SMILES string of the molecule is CCNCC=Cc1cccc2c1OC(C)(C)C2. The highest BCUT2D eigenvalue weighted by molar-refractivity contribution is 5.61. The first-order valence-corrected chi connectivity index (χ1v) is 6.30. The Kier molecular flexibility index (Phi) is 3.53. The highest BCUT2D eigenvalue weighted by Gasteiger charge is 2.30. The number of ether oxygens (including phenoxy) is 1. The minimum atomic E-state index is -0.0616. The van der Waals surface area contributed by atoms with Gasteiger partial charge in [0.25, 0.3) is 0 Å². The predicted molar refractivity (Wildman–Crippen MR) is 72.4 cm³/mol. The van der Waals surface area contributed by atoms with E-state index < -0.39 is 0 Å². The summed E-state index contributed by atoms with van der Waals surface area (Å²) in [5.41, 5.74) is 2.44. The first-order chi connectivity index (χ1) is 8.12. The maximum absolute atomic E-state index is 6.01. The van der Waals surface area contributed by atoms with Gasteiger partial charge in [-0.3, -0.25) is 0 Å². The van der Waals surface area contributed by atoms with Gasteiger partial charge in [-0.2, -0.15) is 0 Å². The Balaban J connectivity index is 2.15. The second-order valence-corrected chi connectivity index (χ2v) is 5.08. The lowest BCUT2D eigenvalue weighted by atomic mass is 10.0. The zero-order chi connectivity index (χ0) is 12.3. The molecule has 92 valence electrons. The van der Waals surface area contributed by atoms with Crippen LogP contribution < -0.4 is 10.1 Å². The molecule has 2 rings (SSSR count). The first kappa shape index (κ1) is 12.2. The van der Waals surface area contributed by atoms with Crippen molar-refractivity contribution < 1.29 is 4.74 Å². The lowest BCUT2D eigenvalue weighted by molar-refractivity contribution is 0.138. The van der Waals surface area contributed by atoms with Crippen LogP contribution >= 0.6 is 0 Å². The summed E-state index contributed by atoms with van der Waals surface area (Å²) in [7, 11) is 0. The quantitative estimate of drug-likeness (QED) is 0.804. The van der Waals surface area contributed by atoms with E-state index in [0.717, 1.165) is 25.3 Å². The van der Waals surface area contributed by atoms with Crippen molar-refractivity contribution in [3.8, 4) is 5.75 Å². The third-order valence-electron chi connectivity index (χ3n) is 2.93. The second kappa shape index (κ2) is 4.92. The summed E-state index contributed by atoms with van der Waals surface area (Å²) in [6.07, 6.45) is 5.29. The monoisotopic (exact) mass is 231 g/mol. The van der Waals surface area contributed by atoms with Crippen molar-refractivity contribution in [3.05, 3.63) is 35.4 Å². The van der Waals surface area contributed by atoms with Crippen molar-refractivity contribution in [2.45, 2.75) is 32.8 Å². The topological polar surface area (TPSA) is 21.3 Å². The molecule has 0 bridgehead atoms. The molecule has 1 aliphatic heterocycles. The van der Waals surface area contributed by atoms with Gasteiger partial charge in [-0.25, -0.2) is 0 Å². The van der Waals surface area contributed by atoms with Gasteiger partial charge in [-0.15, -0.1) is 0 Å². The third kappa shape index (κ3) is 2.89. The zero-order valence-electron chi connectivity index (χ0n) is 10.9. The van der Waals surface area contributed by atoms with E-state index in [2.05, 4.69) is 56.4 Å². The van der Waals surface area contributed by atoms with Crippen molar-refractivity contribution in [1.29, 1.82) is 0 Å². The zero-order valence-corrected chi connectivity index (χ0v) is 10.9. The normalized spacial score (nSPS) is 17.1. The number of rotatable bonds is 4. The predicted octanol–water partition coefficient (Wildman–Crippen LogP) is 3.02. The Morgan fingerprint density at radius 3 is 3.00 bits per heavy atom. The van der Waals surface area contributed by atoms with Crippen LogP contribution in [-0.4, -0.2) is 18.7 Å². The summed E-state index contributed by atoms with van der Waals surface area (Å²) in [4.78, 5) is 0. The molecule has 1 aromatic rings. The molecule has 0 spiro atoms. The fraction of sp³-hybridized carbons (Fsp3) is 0.467. The van der Waals surface area contributed by atoms with Gasteiger partial charge < -0.3 is 10.1 Å². The molecule has 0 saturated heterocycles. The van der Waals surface area contributed by atoms with Crippen molar-refractivity contribution in [1.82, 2.24) is 5.32 Å². The smallest absolute Gasteiger partial charge is 0.130 e. The molecule has 0 radical (unpaired) electrons. The van der Waals surface area contributed by atoms with Crippen LogP contribution in [0.2, 0.25) is 0 Å². The molecule has 1 N–H and O–H groups in total. The average molecular weight is 231 g/mol. The Hall–Kier alpha value is -1.28. The van der Waals surface area contributed by atoms with Crippen LogP contribution in [-0.2, 0) is 6.42 Å². The minimum Gasteiger partial charge on any atom is -0.487 e. The summed E-state index contributed by atoms with van der Waals surface area (Å²) in [6.45, 7) is 8.29. The van der Waals surface area contributed by atoms with Crippen LogP contribution in [0, 0.1) is 0 Å². The minimum absolute atomic E-state index is 0.0616. The van der Waals surface area contributed by atoms with E-state index in [1.165, 1.54) is 11.1 Å². The fourth-order valence-corrected chi connectivity index (χ4v) is 2.18. The summed E-state index contributed by atoms with van der Waals surface area (Å²) >= 11 is 0. The lowest BCUT2D eigenvalue weighted by Gasteiger charge is -2.17. The van der Waals surface area contributed by atoms with Gasteiger partial charge in [0, 0.05) is 18.5 Å². The van der Waals surface area contributed by atoms with Gasteiger partial charge in [0.15, 0.2) is 0 Å². The largest absolute Gasteiger partial charge is 0.487 e. The standard InChI is InChI=1S/C15H21NO/c1-4-16-10-6-9-12-7-5-8-13-11-15(2,3)17-14(12)13/h5-9,16H,4,10-11H2,1-3H3.